The van der Waals surface area contributed by atoms with Crippen molar-refractivity contribution in [3.05, 3.63) is 28.3 Å². The summed E-state index contributed by atoms with van der Waals surface area (Å²) < 4.78 is 37.7. The molecule has 1 aliphatic rings. The third kappa shape index (κ3) is 3.54. The number of phenols is 1. The smallest absolute Gasteiger partial charge is 0.416 e. The lowest BCUT2D eigenvalue weighted by molar-refractivity contribution is -0.137. The SMILES string of the molecule is Oc1cc(C(F)(F)F)cc(Cl)c1CC1CCCNC1. The lowest BCUT2D eigenvalue weighted by Gasteiger charge is -2.23. The Hall–Kier alpha value is -0.940. The summed E-state index contributed by atoms with van der Waals surface area (Å²) in [7, 11) is 0. The molecule has 1 aromatic rings. The summed E-state index contributed by atoms with van der Waals surface area (Å²) >= 11 is 5.88. The first kappa shape index (κ1) is 14.5. The highest BCUT2D eigenvalue weighted by atomic mass is 35.5. The zero-order valence-corrected chi connectivity index (χ0v) is 11.0. The predicted molar refractivity (Wildman–Crippen MR) is 67.4 cm³/mol. The number of nitrogens with one attached hydrogen (secondary N) is 1. The summed E-state index contributed by atoms with van der Waals surface area (Å²) in [6, 6.07) is 1.63. The number of piperidine rings is 1. The van der Waals surface area contributed by atoms with Gasteiger partial charge in [-0.3, -0.25) is 0 Å². The molecule has 0 spiro atoms. The van der Waals surface area contributed by atoms with Gasteiger partial charge in [-0.2, -0.15) is 13.2 Å². The van der Waals surface area contributed by atoms with Crippen molar-refractivity contribution < 1.29 is 18.3 Å². The standard InChI is InChI=1S/C13H15ClF3NO/c14-11-5-9(13(15,16)17)6-12(19)10(11)4-8-2-1-3-18-7-8/h5-6,8,18-19H,1-4,7H2. The zero-order chi connectivity index (χ0) is 14.0. The molecule has 0 saturated carbocycles. The van der Waals surface area contributed by atoms with Crippen LogP contribution in [-0.2, 0) is 12.6 Å². The van der Waals surface area contributed by atoms with Crippen LogP contribution in [0.2, 0.25) is 5.02 Å². The van der Waals surface area contributed by atoms with Gasteiger partial charge in [0.25, 0.3) is 0 Å². The van der Waals surface area contributed by atoms with Gasteiger partial charge in [0.15, 0.2) is 0 Å². The van der Waals surface area contributed by atoms with Crippen LogP contribution in [0.4, 0.5) is 13.2 Å². The number of hydrogen-bond acceptors (Lipinski definition) is 2. The van der Waals surface area contributed by atoms with Crippen LogP contribution < -0.4 is 5.32 Å². The maximum Gasteiger partial charge on any atom is 0.416 e. The molecule has 1 aromatic carbocycles. The van der Waals surface area contributed by atoms with Crippen molar-refractivity contribution in [1.82, 2.24) is 5.32 Å². The summed E-state index contributed by atoms with van der Waals surface area (Å²) in [4.78, 5) is 0. The molecule has 1 aliphatic heterocycles. The van der Waals surface area contributed by atoms with E-state index in [2.05, 4.69) is 5.32 Å². The van der Waals surface area contributed by atoms with Crippen molar-refractivity contribution in [3.8, 4) is 5.75 Å². The van der Waals surface area contributed by atoms with Gasteiger partial charge in [-0.05, 0) is 50.4 Å². The van der Waals surface area contributed by atoms with Gasteiger partial charge in [0.1, 0.15) is 5.75 Å². The highest BCUT2D eigenvalue weighted by Gasteiger charge is 2.32. The Morgan fingerprint density at radius 1 is 1.37 bits per heavy atom. The first-order valence-electron chi connectivity index (χ1n) is 6.17. The molecule has 1 saturated heterocycles. The molecule has 1 heterocycles. The Kier molecular flexibility index (Phi) is 4.26. The number of phenolic OH excluding ortho intramolecular Hbond substituents is 1. The molecule has 1 unspecified atom stereocenters. The molecule has 0 bridgehead atoms. The van der Waals surface area contributed by atoms with Crippen LogP contribution in [0.1, 0.15) is 24.0 Å². The van der Waals surface area contributed by atoms with Crippen LogP contribution in [0.25, 0.3) is 0 Å². The van der Waals surface area contributed by atoms with Crippen molar-refractivity contribution in [2.24, 2.45) is 5.92 Å². The van der Waals surface area contributed by atoms with Crippen molar-refractivity contribution in [3.63, 3.8) is 0 Å². The van der Waals surface area contributed by atoms with Crippen LogP contribution in [0, 0.1) is 5.92 Å². The Bertz CT molecular complexity index is 433. The minimum Gasteiger partial charge on any atom is -0.508 e. The van der Waals surface area contributed by atoms with Gasteiger partial charge in [0.05, 0.1) is 5.56 Å². The maximum absolute atomic E-state index is 12.6. The molecule has 0 aliphatic carbocycles. The second-order valence-corrected chi connectivity index (χ2v) is 5.28. The average molecular weight is 294 g/mol. The number of benzene rings is 1. The van der Waals surface area contributed by atoms with Crippen molar-refractivity contribution in [2.75, 3.05) is 13.1 Å². The Labute approximate surface area is 114 Å². The highest BCUT2D eigenvalue weighted by Crippen LogP contribution is 2.37. The lowest BCUT2D eigenvalue weighted by Crippen LogP contribution is -2.30. The van der Waals surface area contributed by atoms with E-state index >= 15 is 0 Å². The molecule has 0 radical (unpaired) electrons. The molecule has 2 N–H and O–H groups in total. The van der Waals surface area contributed by atoms with Crippen molar-refractivity contribution >= 4 is 11.6 Å². The van der Waals surface area contributed by atoms with Gasteiger partial charge in [-0.25, -0.2) is 0 Å². The average Bonchev–Trinajstić information content (AvgIpc) is 2.33. The summed E-state index contributed by atoms with van der Waals surface area (Å²) in [6.45, 7) is 1.76. The normalized spacial score (nSPS) is 20.5. The third-order valence-corrected chi connectivity index (χ3v) is 3.73. The molecule has 2 nitrogen and oxygen atoms in total. The molecular weight excluding hydrogens is 279 g/mol. The van der Waals surface area contributed by atoms with Gasteiger partial charge in [-0.1, -0.05) is 11.6 Å². The van der Waals surface area contributed by atoms with Crippen molar-refractivity contribution in [1.29, 1.82) is 0 Å². The number of rotatable bonds is 2. The minimum absolute atomic E-state index is 0.0158. The van der Waals surface area contributed by atoms with Crippen LogP contribution in [0.3, 0.4) is 0 Å². The molecule has 1 atom stereocenters. The monoisotopic (exact) mass is 293 g/mol. The summed E-state index contributed by atoms with van der Waals surface area (Å²) in [5, 5.41) is 13.0. The van der Waals surface area contributed by atoms with Gasteiger partial charge >= 0.3 is 6.18 Å². The fourth-order valence-corrected chi connectivity index (χ4v) is 2.67. The van der Waals surface area contributed by atoms with Crippen LogP contribution >= 0.6 is 11.6 Å². The van der Waals surface area contributed by atoms with Crippen LogP contribution in [0.5, 0.6) is 5.75 Å². The molecular formula is C13H15ClF3NO. The fourth-order valence-electron chi connectivity index (χ4n) is 2.37. The van der Waals surface area contributed by atoms with Gasteiger partial charge in [0.2, 0.25) is 0 Å². The van der Waals surface area contributed by atoms with E-state index < -0.39 is 11.7 Å². The first-order valence-corrected chi connectivity index (χ1v) is 6.55. The van der Waals surface area contributed by atoms with Crippen LogP contribution in [-0.4, -0.2) is 18.2 Å². The Morgan fingerprint density at radius 3 is 2.63 bits per heavy atom. The molecule has 6 heteroatoms. The number of aromatic hydroxyl groups is 1. The first-order chi connectivity index (χ1) is 8.88. The van der Waals surface area contributed by atoms with Gasteiger partial charge in [0, 0.05) is 10.6 Å². The minimum atomic E-state index is -4.49. The molecule has 0 aromatic heterocycles. The maximum atomic E-state index is 12.6. The van der Waals surface area contributed by atoms with Gasteiger partial charge in [-0.15, -0.1) is 0 Å². The topological polar surface area (TPSA) is 32.3 Å². The largest absolute Gasteiger partial charge is 0.508 e. The molecule has 19 heavy (non-hydrogen) atoms. The molecule has 1 fully saturated rings. The Morgan fingerprint density at radius 2 is 2.11 bits per heavy atom. The van der Waals surface area contributed by atoms with E-state index in [4.69, 9.17) is 11.6 Å². The lowest BCUT2D eigenvalue weighted by atomic mass is 9.91. The molecule has 2 rings (SSSR count). The molecule has 106 valence electrons. The number of halogens is 4. The van der Waals surface area contributed by atoms with E-state index in [1.54, 1.807) is 0 Å². The summed E-state index contributed by atoms with van der Waals surface area (Å²) in [5.74, 6) is -0.0701. The molecule has 0 amide bonds. The van der Waals surface area contributed by atoms with Crippen molar-refractivity contribution in [2.45, 2.75) is 25.4 Å². The second-order valence-electron chi connectivity index (χ2n) is 4.87. The van der Waals surface area contributed by atoms with E-state index in [0.29, 0.717) is 17.9 Å². The summed E-state index contributed by atoms with van der Waals surface area (Å²) in [6.07, 6.45) is -1.98. The highest BCUT2D eigenvalue weighted by molar-refractivity contribution is 6.31. The van der Waals surface area contributed by atoms with E-state index in [1.807, 2.05) is 0 Å². The third-order valence-electron chi connectivity index (χ3n) is 3.39. The van der Waals surface area contributed by atoms with E-state index in [1.165, 1.54) is 0 Å². The van der Waals surface area contributed by atoms with E-state index in [-0.39, 0.29) is 10.8 Å². The fraction of sp³-hybridized carbons (Fsp3) is 0.538. The van der Waals surface area contributed by atoms with E-state index in [9.17, 15) is 18.3 Å². The quantitative estimate of drug-likeness (QED) is 0.873. The zero-order valence-electron chi connectivity index (χ0n) is 10.2. The predicted octanol–water partition coefficient (Wildman–Crippen LogP) is 3.61. The Balaban J connectivity index is 2.21. The van der Waals surface area contributed by atoms with Gasteiger partial charge < -0.3 is 10.4 Å². The number of hydrogen-bond donors (Lipinski definition) is 2. The second kappa shape index (κ2) is 5.59. The number of alkyl halides is 3. The summed E-state index contributed by atoms with van der Waals surface area (Å²) in [5.41, 5.74) is -0.510. The van der Waals surface area contributed by atoms with E-state index in [0.717, 1.165) is 38.1 Å². The van der Waals surface area contributed by atoms with Crippen LogP contribution in [0.15, 0.2) is 12.1 Å².